The molecule has 0 radical (unpaired) electrons. The van der Waals surface area contributed by atoms with Gasteiger partial charge in [0.25, 0.3) is 0 Å². The van der Waals surface area contributed by atoms with Crippen LogP contribution in [0.5, 0.6) is 0 Å². The summed E-state index contributed by atoms with van der Waals surface area (Å²) in [5.41, 5.74) is 8.99. The molecule has 0 unspecified atom stereocenters. The maximum absolute atomic E-state index is 5.92. The number of hydrogen-bond donors (Lipinski definition) is 2. The lowest BCUT2D eigenvalue weighted by atomic mass is 10.2. The summed E-state index contributed by atoms with van der Waals surface area (Å²) in [7, 11) is 0. The first-order chi connectivity index (χ1) is 10.2. The summed E-state index contributed by atoms with van der Waals surface area (Å²) in [6.07, 6.45) is 2.54. The number of rotatable bonds is 6. The lowest BCUT2D eigenvalue weighted by Gasteiger charge is -2.13. The van der Waals surface area contributed by atoms with E-state index in [0.717, 1.165) is 27.0 Å². The largest absolute Gasteiger partial charge is 0.389 e. The maximum atomic E-state index is 5.92. The molecule has 21 heavy (non-hydrogen) atoms. The predicted octanol–water partition coefficient (Wildman–Crippen LogP) is 4.51. The first-order valence-corrected chi connectivity index (χ1v) is 9.24. The van der Waals surface area contributed by atoms with Gasteiger partial charge >= 0.3 is 0 Å². The van der Waals surface area contributed by atoms with Gasteiger partial charge in [0.05, 0.1) is 11.4 Å². The summed E-state index contributed by atoms with van der Waals surface area (Å²) in [5, 5.41) is 6.44. The van der Waals surface area contributed by atoms with E-state index in [4.69, 9.17) is 18.0 Å². The summed E-state index contributed by atoms with van der Waals surface area (Å²) in [4.78, 5) is 6.20. The Kier molecular flexibility index (Phi) is 4.47. The standard InChI is InChI=1S/C15H17N3S3/c1-2-20-12-5-3-4-10(13(12)14(16)19)17-15-18-11(8-21-15)9-6-7-9/h3-5,8-9H,2,6-7H2,1H3,(H2,16,19)(H,17,18). The van der Waals surface area contributed by atoms with Gasteiger partial charge in [0, 0.05) is 21.8 Å². The topological polar surface area (TPSA) is 50.9 Å². The highest BCUT2D eigenvalue weighted by molar-refractivity contribution is 7.99. The maximum Gasteiger partial charge on any atom is 0.187 e. The van der Waals surface area contributed by atoms with Crippen LogP contribution >= 0.6 is 35.3 Å². The molecule has 1 aromatic heterocycles. The van der Waals surface area contributed by atoms with Crippen LogP contribution < -0.4 is 11.1 Å². The average Bonchev–Trinajstić information content (AvgIpc) is 3.20. The van der Waals surface area contributed by atoms with E-state index in [1.54, 1.807) is 23.1 Å². The van der Waals surface area contributed by atoms with E-state index in [9.17, 15) is 0 Å². The normalized spacial score (nSPS) is 14.1. The number of thiazole rings is 1. The third-order valence-corrected chi connectivity index (χ3v) is 5.25. The molecular formula is C15H17N3S3. The van der Waals surface area contributed by atoms with Crippen LogP contribution in [0.3, 0.4) is 0 Å². The number of nitrogens with zero attached hydrogens (tertiary/aromatic N) is 1. The molecule has 2 aromatic rings. The number of thiocarbonyl (C=S) groups is 1. The first-order valence-electron chi connectivity index (χ1n) is 6.97. The van der Waals surface area contributed by atoms with Gasteiger partial charge in [-0.2, -0.15) is 0 Å². The Hall–Kier alpha value is -1.11. The van der Waals surface area contributed by atoms with Gasteiger partial charge in [0.1, 0.15) is 4.99 Å². The van der Waals surface area contributed by atoms with Crippen LogP contribution in [-0.2, 0) is 0 Å². The first kappa shape index (κ1) is 14.8. The fourth-order valence-electron chi connectivity index (χ4n) is 2.19. The molecule has 3 nitrogen and oxygen atoms in total. The SMILES string of the molecule is CCSc1cccc(Nc2nc(C3CC3)cs2)c1C(N)=S. The quantitative estimate of drug-likeness (QED) is 0.601. The highest BCUT2D eigenvalue weighted by Gasteiger charge is 2.26. The summed E-state index contributed by atoms with van der Waals surface area (Å²) in [6.45, 7) is 2.12. The molecule has 1 aromatic carbocycles. The molecule has 6 heteroatoms. The van der Waals surface area contributed by atoms with Gasteiger partial charge in [-0.25, -0.2) is 4.98 Å². The zero-order chi connectivity index (χ0) is 14.8. The molecule has 1 aliphatic carbocycles. The number of nitrogens with two attached hydrogens (primary N) is 1. The third-order valence-electron chi connectivity index (χ3n) is 3.33. The predicted molar refractivity (Wildman–Crippen MR) is 96.1 cm³/mol. The summed E-state index contributed by atoms with van der Waals surface area (Å²) < 4.78 is 0. The van der Waals surface area contributed by atoms with E-state index in [2.05, 4.69) is 28.7 Å². The van der Waals surface area contributed by atoms with Gasteiger partial charge in [-0.05, 0) is 30.7 Å². The number of aromatic nitrogens is 1. The van der Waals surface area contributed by atoms with Crippen LogP contribution in [-0.4, -0.2) is 15.7 Å². The molecule has 0 saturated heterocycles. The summed E-state index contributed by atoms with van der Waals surface area (Å²) >= 11 is 8.62. The van der Waals surface area contributed by atoms with Crippen molar-refractivity contribution in [3.8, 4) is 0 Å². The van der Waals surface area contributed by atoms with E-state index in [-0.39, 0.29) is 0 Å². The van der Waals surface area contributed by atoms with Gasteiger partial charge in [-0.1, -0.05) is 25.2 Å². The summed E-state index contributed by atoms with van der Waals surface area (Å²) in [6, 6.07) is 6.09. The lowest BCUT2D eigenvalue weighted by Crippen LogP contribution is -2.13. The Morgan fingerprint density at radius 2 is 2.33 bits per heavy atom. The van der Waals surface area contributed by atoms with Crippen molar-refractivity contribution >= 4 is 51.1 Å². The number of anilines is 2. The molecule has 3 N–H and O–H groups in total. The van der Waals surface area contributed by atoms with Crippen molar-refractivity contribution in [3.63, 3.8) is 0 Å². The van der Waals surface area contributed by atoms with Crippen molar-refractivity contribution in [2.45, 2.75) is 30.6 Å². The van der Waals surface area contributed by atoms with E-state index in [1.165, 1.54) is 18.5 Å². The molecule has 0 spiro atoms. The molecule has 1 fully saturated rings. The van der Waals surface area contributed by atoms with Crippen LogP contribution in [0.25, 0.3) is 0 Å². The molecule has 110 valence electrons. The third kappa shape index (κ3) is 3.39. The molecule has 0 aliphatic heterocycles. The smallest absolute Gasteiger partial charge is 0.187 e. The van der Waals surface area contributed by atoms with Crippen LogP contribution in [0.1, 0.15) is 36.9 Å². The highest BCUT2D eigenvalue weighted by Crippen LogP contribution is 2.41. The zero-order valence-electron chi connectivity index (χ0n) is 11.8. The minimum absolute atomic E-state index is 0.424. The molecule has 1 aliphatic rings. The second-order valence-corrected chi connectivity index (χ2v) is 7.56. The zero-order valence-corrected chi connectivity index (χ0v) is 14.2. The van der Waals surface area contributed by atoms with Crippen LogP contribution in [0, 0.1) is 0 Å². The Morgan fingerprint density at radius 1 is 1.52 bits per heavy atom. The van der Waals surface area contributed by atoms with Gasteiger partial charge in [0.15, 0.2) is 5.13 Å². The van der Waals surface area contributed by atoms with E-state index in [0.29, 0.717) is 10.9 Å². The van der Waals surface area contributed by atoms with Gasteiger partial charge in [-0.3, -0.25) is 0 Å². The number of benzene rings is 1. The van der Waals surface area contributed by atoms with Crippen molar-refractivity contribution < 1.29 is 0 Å². The minimum Gasteiger partial charge on any atom is -0.389 e. The molecule has 0 amide bonds. The van der Waals surface area contributed by atoms with Crippen LogP contribution in [0.15, 0.2) is 28.5 Å². The second-order valence-electron chi connectivity index (χ2n) is 4.95. The number of hydrogen-bond acceptors (Lipinski definition) is 5. The fraction of sp³-hybridized carbons (Fsp3) is 0.333. The van der Waals surface area contributed by atoms with Crippen LogP contribution in [0.4, 0.5) is 10.8 Å². The summed E-state index contributed by atoms with van der Waals surface area (Å²) in [5.74, 6) is 1.66. The molecular weight excluding hydrogens is 318 g/mol. The molecule has 0 bridgehead atoms. The van der Waals surface area contributed by atoms with Crippen molar-refractivity contribution in [1.29, 1.82) is 0 Å². The minimum atomic E-state index is 0.424. The fourth-order valence-corrected chi connectivity index (χ4v) is 4.13. The average molecular weight is 336 g/mol. The second kappa shape index (κ2) is 6.34. The lowest BCUT2D eigenvalue weighted by molar-refractivity contribution is 1.05. The van der Waals surface area contributed by atoms with Crippen LogP contribution in [0.2, 0.25) is 0 Å². The number of thioether (sulfide) groups is 1. The molecule has 0 atom stereocenters. The molecule has 1 saturated carbocycles. The Morgan fingerprint density at radius 3 is 3.00 bits per heavy atom. The van der Waals surface area contributed by atoms with Crippen molar-refractivity contribution in [2.24, 2.45) is 5.73 Å². The number of nitrogens with one attached hydrogen (secondary N) is 1. The Bertz CT molecular complexity index is 662. The van der Waals surface area contributed by atoms with Crippen molar-refractivity contribution in [3.05, 3.63) is 34.8 Å². The molecule has 3 rings (SSSR count). The highest BCUT2D eigenvalue weighted by atomic mass is 32.2. The van der Waals surface area contributed by atoms with E-state index in [1.807, 2.05) is 12.1 Å². The van der Waals surface area contributed by atoms with Gasteiger partial charge in [-0.15, -0.1) is 23.1 Å². The monoisotopic (exact) mass is 335 g/mol. The van der Waals surface area contributed by atoms with E-state index < -0.39 is 0 Å². The molecule has 1 heterocycles. The Balaban J connectivity index is 1.89. The Labute approximate surface area is 138 Å². The van der Waals surface area contributed by atoms with Gasteiger partial charge < -0.3 is 11.1 Å². The van der Waals surface area contributed by atoms with Crippen molar-refractivity contribution in [2.75, 3.05) is 11.1 Å². The van der Waals surface area contributed by atoms with Crippen molar-refractivity contribution in [1.82, 2.24) is 4.98 Å². The van der Waals surface area contributed by atoms with Gasteiger partial charge in [0.2, 0.25) is 0 Å². The van der Waals surface area contributed by atoms with E-state index >= 15 is 0 Å².